The third-order valence-electron chi connectivity index (χ3n) is 1.47. The zero-order chi connectivity index (χ0) is 10.8. The molecule has 0 saturated heterocycles. The van der Waals surface area contributed by atoms with Crippen LogP contribution in [-0.4, -0.2) is 16.4 Å². The molecule has 0 aliphatic heterocycles. The van der Waals surface area contributed by atoms with E-state index in [9.17, 15) is 13.2 Å². The van der Waals surface area contributed by atoms with Crippen LogP contribution in [0.1, 0.15) is 17.0 Å². The highest BCUT2D eigenvalue weighted by Crippen LogP contribution is 2.28. The normalized spacial score (nSPS) is 12.3. The lowest BCUT2D eigenvalue weighted by Gasteiger charge is -2.06. The van der Waals surface area contributed by atoms with E-state index in [2.05, 4.69) is 10.1 Å². The zero-order valence-electron chi connectivity index (χ0n) is 7.21. The molecular formula is C8H7F3N2O. The van der Waals surface area contributed by atoms with E-state index in [1.807, 2.05) is 0 Å². The van der Waals surface area contributed by atoms with Gasteiger partial charge in [0, 0.05) is 0 Å². The van der Waals surface area contributed by atoms with Crippen molar-refractivity contribution < 1.29 is 18.4 Å². The molecule has 1 N–H and O–H groups in total. The molecular weight excluding hydrogens is 197 g/mol. The Morgan fingerprint density at radius 2 is 2.07 bits per heavy atom. The summed E-state index contributed by atoms with van der Waals surface area (Å²) in [7, 11) is 0. The molecule has 76 valence electrons. The highest BCUT2D eigenvalue weighted by atomic mass is 19.4. The van der Waals surface area contributed by atoms with Gasteiger partial charge in [0.15, 0.2) is 0 Å². The monoisotopic (exact) mass is 204 g/mol. The van der Waals surface area contributed by atoms with Crippen LogP contribution >= 0.6 is 0 Å². The average molecular weight is 204 g/mol. The van der Waals surface area contributed by atoms with Crippen LogP contribution in [0.3, 0.4) is 0 Å². The highest BCUT2D eigenvalue weighted by molar-refractivity contribution is 5.76. The molecule has 1 heterocycles. The number of alkyl halides is 3. The minimum Gasteiger partial charge on any atom is -0.411 e. The molecule has 0 aliphatic carbocycles. The van der Waals surface area contributed by atoms with Gasteiger partial charge in [-0.05, 0) is 24.6 Å². The second-order valence-corrected chi connectivity index (χ2v) is 2.70. The molecule has 6 heteroatoms. The van der Waals surface area contributed by atoms with Crippen molar-refractivity contribution in [3.05, 3.63) is 29.1 Å². The van der Waals surface area contributed by atoms with Gasteiger partial charge < -0.3 is 5.21 Å². The summed E-state index contributed by atoms with van der Waals surface area (Å²) in [4.78, 5) is 3.26. The van der Waals surface area contributed by atoms with E-state index in [4.69, 9.17) is 5.21 Å². The summed E-state index contributed by atoms with van der Waals surface area (Å²) in [6.07, 6.45) is -3.63. The van der Waals surface area contributed by atoms with Crippen LogP contribution < -0.4 is 0 Å². The zero-order valence-corrected chi connectivity index (χ0v) is 7.21. The summed E-state index contributed by atoms with van der Waals surface area (Å²) < 4.78 is 36.7. The third-order valence-corrected chi connectivity index (χ3v) is 1.47. The topological polar surface area (TPSA) is 45.5 Å². The number of rotatable bonds is 1. The van der Waals surface area contributed by atoms with Crippen LogP contribution in [0.2, 0.25) is 0 Å². The fourth-order valence-electron chi connectivity index (χ4n) is 0.965. The molecule has 1 rings (SSSR count). The molecule has 0 fully saturated rings. The van der Waals surface area contributed by atoms with E-state index < -0.39 is 11.9 Å². The molecule has 0 spiro atoms. The molecule has 3 nitrogen and oxygen atoms in total. The molecule has 0 bridgehead atoms. The first kappa shape index (κ1) is 10.5. The van der Waals surface area contributed by atoms with Gasteiger partial charge >= 0.3 is 6.18 Å². The molecule has 0 atom stereocenters. The largest absolute Gasteiger partial charge is 0.433 e. The first-order valence-corrected chi connectivity index (χ1v) is 3.67. The number of hydrogen-bond acceptors (Lipinski definition) is 3. The number of pyridine rings is 1. The molecule has 0 saturated carbocycles. The van der Waals surface area contributed by atoms with E-state index in [1.165, 1.54) is 13.0 Å². The van der Waals surface area contributed by atoms with Gasteiger partial charge in [-0.25, -0.2) is 4.98 Å². The Kier molecular flexibility index (Phi) is 2.73. The van der Waals surface area contributed by atoms with Crippen molar-refractivity contribution in [2.24, 2.45) is 5.16 Å². The summed E-state index contributed by atoms with van der Waals surface area (Å²) in [6, 6.07) is 2.31. The number of aromatic nitrogens is 1. The standard InChI is InChI=1S/C8H7F3N2O/c1-5-2-6(4-12-14)13-7(3-5)8(9,10)11/h2-4,14H,1H3/b12-4+. The van der Waals surface area contributed by atoms with Gasteiger partial charge in [0.05, 0.1) is 11.9 Å². The minimum absolute atomic E-state index is 0.0279. The smallest absolute Gasteiger partial charge is 0.411 e. The number of halogens is 3. The lowest BCUT2D eigenvalue weighted by Crippen LogP contribution is -2.09. The van der Waals surface area contributed by atoms with Crippen molar-refractivity contribution in [3.63, 3.8) is 0 Å². The van der Waals surface area contributed by atoms with Gasteiger partial charge in [0.2, 0.25) is 0 Å². The Morgan fingerprint density at radius 3 is 2.57 bits per heavy atom. The fraction of sp³-hybridized carbons (Fsp3) is 0.250. The fourth-order valence-corrected chi connectivity index (χ4v) is 0.965. The SMILES string of the molecule is Cc1cc(/C=N/O)nc(C(F)(F)F)c1. The number of aryl methyl sites for hydroxylation is 1. The van der Waals surface area contributed by atoms with Gasteiger partial charge in [-0.1, -0.05) is 5.16 Å². The van der Waals surface area contributed by atoms with Crippen LogP contribution in [0.15, 0.2) is 17.3 Å². The summed E-state index contributed by atoms with van der Waals surface area (Å²) in [6.45, 7) is 1.51. The van der Waals surface area contributed by atoms with E-state index in [0.29, 0.717) is 5.56 Å². The van der Waals surface area contributed by atoms with Crippen LogP contribution in [0.4, 0.5) is 13.2 Å². The lowest BCUT2D eigenvalue weighted by atomic mass is 10.2. The molecule has 1 aromatic heterocycles. The van der Waals surface area contributed by atoms with Gasteiger partial charge in [0.1, 0.15) is 5.69 Å². The summed E-state index contributed by atoms with van der Waals surface area (Å²) >= 11 is 0. The van der Waals surface area contributed by atoms with Crippen molar-refractivity contribution >= 4 is 6.21 Å². The second-order valence-electron chi connectivity index (χ2n) is 2.70. The van der Waals surface area contributed by atoms with E-state index in [1.54, 1.807) is 0 Å². The van der Waals surface area contributed by atoms with Crippen LogP contribution in [0.5, 0.6) is 0 Å². The van der Waals surface area contributed by atoms with E-state index >= 15 is 0 Å². The summed E-state index contributed by atoms with van der Waals surface area (Å²) in [5.41, 5.74) is -0.616. The molecule has 0 aromatic carbocycles. The molecule has 0 aliphatic rings. The molecule has 0 amide bonds. The Balaban J connectivity index is 3.20. The van der Waals surface area contributed by atoms with Crippen LogP contribution in [-0.2, 0) is 6.18 Å². The van der Waals surface area contributed by atoms with Gasteiger partial charge in [-0.2, -0.15) is 13.2 Å². The Hall–Kier alpha value is -1.59. The number of oxime groups is 1. The Morgan fingerprint density at radius 1 is 1.43 bits per heavy atom. The molecule has 0 unspecified atom stereocenters. The van der Waals surface area contributed by atoms with Gasteiger partial charge in [-0.15, -0.1) is 0 Å². The minimum atomic E-state index is -4.48. The first-order chi connectivity index (χ1) is 6.43. The maximum atomic E-state index is 12.2. The summed E-state index contributed by atoms with van der Waals surface area (Å²) in [5.74, 6) is 0. The Bertz CT molecular complexity index is 360. The molecule has 14 heavy (non-hydrogen) atoms. The molecule has 0 radical (unpaired) electrons. The highest BCUT2D eigenvalue weighted by Gasteiger charge is 2.32. The van der Waals surface area contributed by atoms with Crippen molar-refractivity contribution in [1.29, 1.82) is 0 Å². The van der Waals surface area contributed by atoms with Crippen molar-refractivity contribution in [2.75, 3.05) is 0 Å². The maximum Gasteiger partial charge on any atom is 0.433 e. The summed E-state index contributed by atoms with van der Waals surface area (Å²) in [5, 5.41) is 10.8. The first-order valence-electron chi connectivity index (χ1n) is 3.67. The van der Waals surface area contributed by atoms with E-state index in [-0.39, 0.29) is 5.69 Å². The van der Waals surface area contributed by atoms with Crippen molar-refractivity contribution in [2.45, 2.75) is 13.1 Å². The average Bonchev–Trinajstić information content (AvgIpc) is 2.02. The quantitative estimate of drug-likeness (QED) is 0.433. The predicted molar refractivity (Wildman–Crippen MR) is 43.4 cm³/mol. The van der Waals surface area contributed by atoms with Crippen molar-refractivity contribution in [1.82, 2.24) is 4.98 Å². The number of hydrogen-bond donors (Lipinski definition) is 1. The lowest BCUT2D eigenvalue weighted by molar-refractivity contribution is -0.141. The third kappa shape index (κ3) is 2.45. The van der Waals surface area contributed by atoms with Crippen LogP contribution in [0.25, 0.3) is 0 Å². The van der Waals surface area contributed by atoms with Crippen LogP contribution in [0, 0.1) is 6.92 Å². The predicted octanol–water partition coefficient (Wildman–Crippen LogP) is 2.22. The van der Waals surface area contributed by atoms with Gasteiger partial charge in [-0.3, -0.25) is 0 Å². The van der Waals surface area contributed by atoms with Gasteiger partial charge in [0.25, 0.3) is 0 Å². The van der Waals surface area contributed by atoms with Crippen molar-refractivity contribution in [3.8, 4) is 0 Å². The Labute approximate surface area is 77.9 Å². The van der Waals surface area contributed by atoms with E-state index in [0.717, 1.165) is 12.3 Å². The maximum absolute atomic E-state index is 12.2. The second kappa shape index (κ2) is 3.65. The number of nitrogens with zero attached hydrogens (tertiary/aromatic N) is 2. The molecule has 1 aromatic rings.